The fraction of sp³-hybridized carbons (Fsp3) is 0.455. The van der Waals surface area contributed by atoms with Gasteiger partial charge in [0.25, 0.3) is 5.91 Å². The Morgan fingerprint density at radius 1 is 1.56 bits per heavy atom. The molecule has 2 heterocycles. The van der Waals surface area contributed by atoms with Crippen molar-refractivity contribution in [1.82, 2.24) is 9.88 Å². The van der Waals surface area contributed by atoms with Crippen LogP contribution in [0.4, 0.5) is 4.39 Å². The van der Waals surface area contributed by atoms with E-state index in [2.05, 4.69) is 4.98 Å². The van der Waals surface area contributed by atoms with Crippen LogP contribution in [0.15, 0.2) is 18.3 Å². The van der Waals surface area contributed by atoms with Gasteiger partial charge >= 0.3 is 0 Å². The van der Waals surface area contributed by atoms with Crippen molar-refractivity contribution in [3.63, 3.8) is 0 Å². The van der Waals surface area contributed by atoms with E-state index in [4.69, 9.17) is 5.73 Å². The molecule has 1 fully saturated rings. The van der Waals surface area contributed by atoms with E-state index in [-0.39, 0.29) is 17.6 Å². The lowest BCUT2D eigenvalue weighted by atomic mass is 10.1. The maximum Gasteiger partial charge on any atom is 0.272 e. The molecule has 0 radical (unpaired) electrons. The van der Waals surface area contributed by atoms with E-state index in [0.717, 1.165) is 19.0 Å². The first kappa shape index (κ1) is 11.0. The summed E-state index contributed by atoms with van der Waals surface area (Å²) in [5.74, 6) is -0.609. The van der Waals surface area contributed by atoms with Crippen molar-refractivity contribution in [3.8, 4) is 0 Å². The SMILES string of the molecule is NC1CCCN(C(=O)c2ccc(F)cn2)C1. The first-order valence-corrected chi connectivity index (χ1v) is 5.33. The summed E-state index contributed by atoms with van der Waals surface area (Å²) in [6.45, 7) is 1.25. The topological polar surface area (TPSA) is 59.2 Å². The highest BCUT2D eigenvalue weighted by Gasteiger charge is 2.22. The van der Waals surface area contributed by atoms with Gasteiger partial charge in [-0.25, -0.2) is 9.37 Å². The third-order valence-corrected chi connectivity index (χ3v) is 2.69. The van der Waals surface area contributed by atoms with Gasteiger partial charge in [0, 0.05) is 19.1 Å². The number of rotatable bonds is 1. The normalized spacial score (nSPS) is 20.9. The fourth-order valence-electron chi connectivity index (χ4n) is 1.86. The second-order valence-electron chi connectivity index (χ2n) is 4.02. The van der Waals surface area contributed by atoms with Crippen LogP contribution in [0.25, 0.3) is 0 Å². The second kappa shape index (κ2) is 4.57. The molecule has 2 N–H and O–H groups in total. The summed E-state index contributed by atoms with van der Waals surface area (Å²) in [5.41, 5.74) is 6.06. The van der Waals surface area contributed by atoms with Gasteiger partial charge in [-0.15, -0.1) is 0 Å². The zero-order valence-corrected chi connectivity index (χ0v) is 8.90. The van der Waals surface area contributed by atoms with Crippen molar-refractivity contribution in [2.75, 3.05) is 13.1 Å². The van der Waals surface area contributed by atoms with E-state index in [9.17, 15) is 9.18 Å². The molecule has 0 bridgehead atoms. The molecule has 16 heavy (non-hydrogen) atoms. The summed E-state index contributed by atoms with van der Waals surface area (Å²) >= 11 is 0. The number of carbonyl (C=O) groups excluding carboxylic acids is 1. The molecule has 2 rings (SSSR count). The first-order valence-electron chi connectivity index (χ1n) is 5.33. The summed E-state index contributed by atoms with van der Waals surface area (Å²) in [4.78, 5) is 17.4. The second-order valence-corrected chi connectivity index (χ2v) is 4.02. The maximum absolute atomic E-state index is 12.6. The third kappa shape index (κ3) is 2.36. The number of hydrogen-bond acceptors (Lipinski definition) is 3. The molecule has 5 heteroatoms. The average molecular weight is 223 g/mol. The highest BCUT2D eigenvalue weighted by atomic mass is 19.1. The Kier molecular flexibility index (Phi) is 3.14. The Morgan fingerprint density at radius 2 is 2.38 bits per heavy atom. The molecule has 1 amide bonds. The summed E-state index contributed by atoms with van der Waals surface area (Å²) < 4.78 is 12.6. The monoisotopic (exact) mass is 223 g/mol. The van der Waals surface area contributed by atoms with Crippen LogP contribution in [0.1, 0.15) is 23.3 Å². The Morgan fingerprint density at radius 3 is 3.00 bits per heavy atom. The highest BCUT2D eigenvalue weighted by Crippen LogP contribution is 2.11. The smallest absolute Gasteiger partial charge is 0.272 e. The van der Waals surface area contributed by atoms with Gasteiger partial charge in [-0.1, -0.05) is 0 Å². The average Bonchev–Trinajstić information content (AvgIpc) is 2.29. The number of aromatic nitrogens is 1. The number of likely N-dealkylation sites (tertiary alicyclic amines) is 1. The number of nitrogens with two attached hydrogens (primary N) is 1. The van der Waals surface area contributed by atoms with Crippen LogP contribution >= 0.6 is 0 Å². The molecule has 0 saturated carbocycles. The van der Waals surface area contributed by atoms with Crippen LogP contribution in [0.5, 0.6) is 0 Å². The summed E-state index contributed by atoms with van der Waals surface area (Å²) in [6, 6.07) is 2.68. The van der Waals surface area contributed by atoms with E-state index in [1.807, 2.05) is 0 Å². The number of pyridine rings is 1. The lowest BCUT2D eigenvalue weighted by Crippen LogP contribution is -2.45. The molecule has 86 valence electrons. The van der Waals surface area contributed by atoms with Crippen LogP contribution in [0.3, 0.4) is 0 Å². The van der Waals surface area contributed by atoms with Crippen molar-refractivity contribution >= 4 is 5.91 Å². The third-order valence-electron chi connectivity index (χ3n) is 2.69. The van der Waals surface area contributed by atoms with E-state index < -0.39 is 5.82 Å². The van der Waals surface area contributed by atoms with Crippen LogP contribution in [0.2, 0.25) is 0 Å². The molecule has 1 unspecified atom stereocenters. The van der Waals surface area contributed by atoms with Crippen LogP contribution in [0, 0.1) is 5.82 Å². The molecule has 0 aromatic carbocycles. The van der Waals surface area contributed by atoms with Crippen LogP contribution in [-0.4, -0.2) is 34.9 Å². The lowest BCUT2D eigenvalue weighted by Gasteiger charge is -2.30. The van der Waals surface area contributed by atoms with Gasteiger partial charge in [0.2, 0.25) is 0 Å². The number of hydrogen-bond donors (Lipinski definition) is 1. The first-order chi connectivity index (χ1) is 7.66. The van der Waals surface area contributed by atoms with Crippen LogP contribution < -0.4 is 5.73 Å². The number of nitrogens with zero attached hydrogens (tertiary/aromatic N) is 2. The summed E-state index contributed by atoms with van der Waals surface area (Å²) in [6.07, 6.45) is 2.91. The van der Waals surface area contributed by atoms with Gasteiger partial charge in [0.05, 0.1) is 6.20 Å². The molecule has 1 aliphatic rings. The van der Waals surface area contributed by atoms with Crippen LogP contribution in [-0.2, 0) is 0 Å². The number of amides is 1. The minimum absolute atomic E-state index is 0.0400. The molecule has 1 aromatic rings. The largest absolute Gasteiger partial charge is 0.336 e. The van der Waals surface area contributed by atoms with Crippen molar-refractivity contribution in [1.29, 1.82) is 0 Å². The van der Waals surface area contributed by atoms with Gasteiger partial charge in [0.1, 0.15) is 11.5 Å². The van der Waals surface area contributed by atoms with E-state index in [0.29, 0.717) is 13.1 Å². The molecule has 0 aliphatic carbocycles. The van der Waals surface area contributed by atoms with Crippen molar-refractivity contribution in [2.45, 2.75) is 18.9 Å². The van der Waals surface area contributed by atoms with Gasteiger partial charge < -0.3 is 10.6 Å². The van der Waals surface area contributed by atoms with Gasteiger partial charge in [-0.05, 0) is 25.0 Å². The minimum Gasteiger partial charge on any atom is -0.336 e. The number of piperidine rings is 1. The van der Waals surface area contributed by atoms with Crippen molar-refractivity contribution in [3.05, 3.63) is 29.8 Å². The standard InChI is InChI=1S/C11H14FN3O/c12-8-3-4-10(14-6-8)11(16)15-5-1-2-9(13)7-15/h3-4,6,9H,1-2,5,7,13H2. The molecule has 1 saturated heterocycles. The Labute approximate surface area is 93.3 Å². The molecular formula is C11H14FN3O. The molecule has 1 atom stereocenters. The molecule has 1 aromatic heterocycles. The van der Waals surface area contributed by atoms with Crippen molar-refractivity contribution < 1.29 is 9.18 Å². The van der Waals surface area contributed by atoms with E-state index in [1.165, 1.54) is 12.1 Å². The van der Waals surface area contributed by atoms with Crippen molar-refractivity contribution in [2.24, 2.45) is 5.73 Å². The number of halogens is 1. The highest BCUT2D eigenvalue weighted by molar-refractivity contribution is 5.92. The maximum atomic E-state index is 12.6. The quantitative estimate of drug-likeness (QED) is 0.765. The minimum atomic E-state index is -0.438. The van der Waals surface area contributed by atoms with E-state index in [1.54, 1.807) is 4.90 Å². The Balaban J connectivity index is 2.09. The van der Waals surface area contributed by atoms with Gasteiger partial charge in [-0.2, -0.15) is 0 Å². The van der Waals surface area contributed by atoms with E-state index >= 15 is 0 Å². The summed E-state index contributed by atoms with van der Waals surface area (Å²) in [5, 5.41) is 0. The predicted octanol–water partition coefficient (Wildman–Crippen LogP) is 0.784. The fourth-order valence-corrected chi connectivity index (χ4v) is 1.86. The predicted molar refractivity (Wildman–Crippen MR) is 57.3 cm³/mol. The molecule has 4 nitrogen and oxygen atoms in total. The molecule has 1 aliphatic heterocycles. The zero-order valence-electron chi connectivity index (χ0n) is 8.90. The summed E-state index contributed by atoms with van der Waals surface area (Å²) in [7, 11) is 0. The molecular weight excluding hydrogens is 209 g/mol. The zero-order chi connectivity index (χ0) is 11.5. The van der Waals surface area contributed by atoms with Gasteiger partial charge in [-0.3, -0.25) is 4.79 Å². The molecule has 0 spiro atoms. The Hall–Kier alpha value is -1.49. The number of carbonyl (C=O) groups is 1. The lowest BCUT2D eigenvalue weighted by molar-refractivity contribution is 0.0703. The Bertz CT molecular complexity index is 379. The van der Waals surface area contributed by atoms with Gasteiger partial charge in [0.15, 0.2) is 0 Å².